The molecule has 144 valence electrons. The predicted octanol–water partition coefficient (Wildman–Crippen LogP) is 2.16. The number of aryl methyl sites for hydroxylation is 1. The van der Waals surface area contributed by atoms with Gasteiger partial charge in [-0.25, -0.2) is 14.6 Å². The van der Waals surface area contributed by atoms with E-state index in [2.05, 4.69) is 4.98 Å². The molecular formula is C20H18N2O6. The third kappa shape index (κ3) is 4.01. The minimum absolute atomic E-state index is 0.0229. The van der Waals surface area contributed by atoms with Crippen LogP contribution in [0.5, 0.6) is 5.75 Å². The number of esters is 2. The van der Waals surface area contributed by atoms with Gasteiger partial charge in [-0.1, -0.05) is 0 Å². The summed E-state index contributed by atoms with van der Waals surface area (Å²) >= 11 is 0. The van der Waals surface area contributed by atoms with Gasteiger partial charge in [-0.05, 0) is 42.8 Å². The second-order valence-electron chi connectivity index (χ2n) is 6.04. The largest absolute Gasteiger partial charge is 0.487 e. The molecule has 8 heteroatoms. The Morgan fingerprint density at radius 1 is 1.00 bits per heavy atom. The van der Waals surface area contributed by atoms with E-state index >= 15 is 0 Å². The number of hydrogen-bond acceptors (Lipinski definition) is 7. The van der Waals surface area contributed by atoms with E-state index in [1.165, 1.54) is 42.9 Å². The normalized spacial score (nSPS) is 10.5. The van der Waals surface area contributed by atoms with Gasteiger partial charge in [-0.2, -0.15) is 0 Å². The highest BCUT2D eigenvalue weighted by Gasteiger charge is 2.15. The zero-order valence-corrected chi connectivity index (χ0v) is 15.6. The van der Waals surface area contributed by atoms with Crippen molar-refractivity contribution in [3.05, 3.63) is 75.3 Å². The van der Waals surface area contributed by atoms with Crippen molar-refractivity contribution >= 4 is 17.6 Å². The number of fused-ring (bicyclic) bond motifs is 1. The Bertz CT molecular complexity index is 1090. The second-order valence-corrected chi connectivity index (χ2v) is 6.04. The Hall–Kier alpha value is -3.68. The van der Waals surface area contributed by atoms with Gasteiger partial charge in [0.1, 0.15) is 18.0 Å². The third-order valence-corrected chi connectivity index (χ3v) is 4.01. The minimum Gasteiger partial charge on any atom is -0.487 e. The molecule has 0 saturated carbocycles. The van der Waals surface area contributed by atoms with Crippen molar-refractivity contribution in [3.8, 4) is 5.75 Å². The van der Waals surface area contributed by atoms with Crippen molar-refractivity contribution in [1.82, 2.24) is 9.38 Å². The first-order valence-corrected chi connectivity index (χ1v) is 8.34. The summed E-state index contributed by atoms with van der Waals surface area (Å²) in [7, 11) is 2.48. The molecule has 0 radical (unpaired) electrons. The number of aromatic nitrogens is 2. The number of hydrogen-bond donors (Lipinski definition) is 0. The molecule has 0 bridgehead atoms. The highest BCUT2D eigenvalue weighted by molar-refractivity contribution is 5.96. The number of pyridine rings is 1. The molecule has 0 amide bonds. The molecular weight excluding hydrogens is 364 g/mol. The van der Waals surface area contributed by atoms with Gasteiger partial charge < -0.3 is 14.2 Å². The lowest BCUT2D eigenvalue weighted by atomic mass is 10.1. The summed E-state index contributed by atoms with van der Waals surface area (Å²) in [6.07, 6.45) is 1.66. The molecule has 0 fully saturated rings. The van der Waals surface area contributed by atoms with Crippen molar-refractivity contribution in [2.45, 2.75) is 13.5 Å². The molecule has 2 aromatic heterocycles. The number of methoxy groups -OCH3 is 2. The van der Waals surface area contributed by atoms with Crippen LogP contribution in [0.15, 0.2) is 47.4 Å². The summed E-state index contributed by atoms with van der Waals surface area (Å²) in [6.45, 7) is 1.88. The van der Waals surface area contributed by atoms with Crippen LogP contribution in [0.2, 0.25) is 0 Å². The van der Waals surface area contributed by atoms with Gasteiger partial charge in [0.15, 0.2) is 0 Å². The van der Waals surface area contributed by atoms with E-state index in [1.807, 2.05) is 13.0 Å². The molecule has 3 aromatic rings. The third-order valence-electron chi connectivity index (χ3n) is 4.01. The average Bonchev–Trinajstić information content (AvgIpc) is 2.70. The molecule has 3 rings (SSSR count). The van der Waals surface area contributed by atoms with Crippen molar-refractivity contribution < 1.29 is 23.8 Å². The maximum absolute atomic E-state index is 12.2. The number of nitrogens with zero attached hydrogens (tertiary/aromatic N) is 2. The summed E-state index contributed by atoms with van der Waals surface area (Å²) < 4.78 is 16.5. The van der Waals surface area contributed by atoms with Crippen LogP contribution in [0.1, 0.15) is 32.0 Å². The quantitative estimate of drug-likeness (QED) is 0.624. The number of rotatable bonds is 5. The summed E-state index contributed by atoms with van der Waals surface area (Å²) in [5.74, 6) is -0.990. The van der Waals surface area contributed by atoms with Gasteiger partial charge in [0.2, 0.25) is 0 Å². The van der Waals surface area contributed by atoms with E-state index in [9.17, 15) is 14.4 Å². The highest BCUT2D eigenvalue weighted by atomic mass is 16.5. The molecule has 0 unspecified atom stereocenters. The van der Waals surface area contributed by atoms with Crippen molar-refractivity contribution in [2.24, 2.45) is 0 Å². The first-order chi connectivity index (χ1) is 13.4. The van der Waals surface area contributed by atoms with E-state index in [4.69, 9.17) is 14.2 Å². The van der Waals surface area contributed by atoms with E-state index < -0.39 is 11.9 Å². The summed E-state index contributed by atoms with van der Waals surface area (Å²) in [6, 6.07) is 9.21. The van der Waals surface area contributed by atoms with Gasteiger partial charge in [-0.3, -0.25) is 9.20 Å². The highest BCUT2D eigenvalue weighted by Crippen LogP contribution is 2.20. The number of carbonyl (C=O) groups excluding carboxylic acids is 2. The molecule has 0 saturated heterocycles. The molecule has 0 atom stereocenters. The standard InChI is InChI=1S/C20H18N2O6/c1-12-4-5-22-17(6-12)21-15(10-18(22)23)11-28-16-8-13(19(24)26-2)7-14(9-16)20(25)27-3/h4-10H,11H2,1-3H3. The van der Waals surface area contributed by atoms with Gasteiger partial charge in [0, 0.05) is 12.3 Å². The molecule has 0 aliphatic rings. The summed E-state index contributed by atoms with van der Waals surface area (Å²) in [5, 5.41) is 0. The Morgan fingerprint density at radius 2 is 1.64 bits per heavy atom. The Labute approximate surface area is 160 Å². The number of ether oxygens (including phenoxy) is 3. The lowest BCUT2D eigenvalue weighted by Crippen LogP contribution is -2.16. The van der Waals surface area contributed by atoms with Crippen LogP contribution in [-0.4, -0.2) is 35.5 Å². The second kappa shape index (κ2) is 7.91. The first-order valence-electron chi connectivity index (χ1n) is 8.34. The first kappa shape index (κ1) is 19.1. The van der Waals surface area contributed by atoms with Crippen LogP contribution in [0.25, 0.3) is 5.65 Å². The van der Waals surface area contributed by atoms with Crippen molar-refractivity contribution in [1.29, 1.82) is 0 Å². The van der Waals surface area contributed by atoms with E-state index in [0.29, 0.717) is 11.3 Å². The molecule has 28 heavy (non-hydrogen) atoms. The van der Waals surface area contributed by atoms with E-state index in [0.717, 1.165) is 5.56 Å². The number of benzene rings is 1. The van der Waals surface area contributed by atoms with Crippen LogP contribution in [0.4, 0.5) is 0 Å². The summed E-state index contributed by atoms with van der Waals surface area (Å²) in [5.41, 5.74) is 1.94. The lowest BCUT2D eigenvalue weighted by molar-refractivity contribution is 0.0598. The fourth-order valence-corrected chi connectivity index (χ4v) is 2.64. The minimum atomic E-state index is -0.617. The molecule has 0 spiro atoms. The van der Waals surface area contributed by atoms with Crippen molar-refractivity contribution in [2.75, 3.05) is 14.2 Å². The van der Waals surface area contributed by atoms with Crippen LogP contribution in [-0.2, 0) is 16.1 Å². The predicted molar refractivity (Wildman–Crippen MR) is 99.7 cm³/mol. The number of carbonyl (C=O) groups is 2. The zero-order chi connectivity index (χ0) is 20.3. The molecule has 8 nitrogen and oxygen atoms in total. The zero-order valence-electron chi connectivity index (χ0n) is 15.6. The van der Waals surface area contributed by atoms with Gasteiger partial charge in [-0.15, -0.1) is 0 Å². The van der Waals surface area contributed by atoms with Gasteiger partial charge in [0.05, 0.1) is 31.0 Å². The SMILES string of the molecule is COC(=O)c1cc(OCc2cc(=O)n3ccc(C)cc3n2)cc(C(=O)OC)c1. The van der Waals surface area contributed by atoms with Crippen molar-refractivity contribution in [3.63, 3.8) is 0 Å². The van der Waals surface area contributed by atoms with Gasteiger partial charge in [0.25, 0.3) is 5.56 Å². The summed E-state index contributed by atoms with van der Waals surface area (Å²) in [4.78, 5) is 40.3. The fourth-order valence-electron chi connectivity index (χ4n) is 2.64. The van der Waals surface area contributed by atoms with Gasteiger partial charge >= 0.3 is 11.9 Å². The molecule has 0 N–H and O–H groups in total. The van der Waals surface area contributed by atoms with Crippen LogP contribution in [0, 0.1) is 6.92 Å². The topological polar surface area (TPSA) is 96.2 Å². The lowest BCUT2D eigenvalue weighted by Gasteiger charge is -2.10. The Kier molecular flexibility index (Phi) is 5.39. The molecule has 1 aromatic carbocycles. The van der Waals surface area contributed by atoms with E-state index in [1.54, 1.807) is 12.3 Å². The van der Waals surface area contributed by atoms with Crippen LogP contribution >= 0.6 is 0 Å². The maximum Gasteiger partial charge on any atom is 0.338 e. The Morgan fingerprint density at radius 3 is 2.25 bits per heavy atom. The monoisotopic (exact) mass is 382 g/mol. The maximum atomic E-state index is 12.2. The molecule has 2 heterocycles. The molecule has 0 aliphatic carbocycles. The van der Waals surface area contributed by atoms with Crippen LogP contribution < -0.4 is 10.3 Å². The molecule has 0 aliphatic heterocycles. The van der Waals surface area contributed by atoms with E-state index in [-0.39, 0.29) is 29.0 Å². The van der Waals surface area contributed by atoms with Crippen LogP contribution in [0.3, 0.4) is 0 Å². The Balaban J connectivity index is 1.91. The fraction of sp³-hybridized carbons (Fsp3) is 0.200. The smallest absolute Gasteiger partial charge is 0.338 e. The average molecular weight is 382 g/mol.